The van der Waals surface area contributed by atoms with Crippen LogP contribution in [-0.4, -0.2) is 25.9 Å². The molecule has 0 amide bonds. The van der Waals surface area contributed by atoms with Gasteiger partial charge in [0.1, 0.15) is 17.2 Å². The lowest BCUT2D eigenvalue weighted by Gasteiger charge is -2.21. The fraction of sp³-hybridized carbons (Fsp3) is 0.379. The van der Waals surface area contributed by atoms with Gasteiger partial charge in [0.2, 0.25) is 0 Å². The number of rotatable bonds is 12. The molecule has 3 rings (SSSR count). The summed E-state index contributed by atoms with van der Waals surface area (Å²) in [7, 11) is 1.74. The van der Waals surface area contributed by atoms with Crippen molar-refractivity contribution in [3.05, 3.63) is 89.5 Å². The molecule has 0 saturated heterocycles. The van der Waals surface area contributed by atoms with Gasteiger partial charge in [0.05, 0.1) is 19.3 Å². The standard InChI is InChI=1S/C29H37NO3/c1-21(2)32-25-14-10-23(11-15-25)20-30-19-18-27(28-8-6-7-9-29(28)31-5)24-12-16-26(17-13-24)33-22(3)4/h6-17,21-22,27,30H,18-20H2,1-5H3/t27-/m1/s1. The average Bonchev–Trinajstić information content (AvgIpc) is 2.80. The minimum absolute atomic E-state index is 0.163. The van der Waals surface area contributed by atoms with Gasteiger partial charge in [-0.1, -0.05) is 42.5 Å². The van der Waals surface area contributed by atoms with Gasteiger partial charge in [0.15, 0.2) is 0 Å². The Morgan fingerprint density at radius 3 is 1.88 bits per heavy atom. The van der Waals surface area contributed by atoms with Gasteiger partial charge in [-0.05, 0) is 82.1 Å². The fourth-order valence-electron chi connectivity index (χ4n) is 3.94. The van der Waals surface area contributed by atoms with Crippen molar-refractivity contribution < 1.29 is 14.2 Å². The number of hydrogen-bond acceptors (Lipinski definition) is 4. The maximum atomic E-state index is 5.83. The minimum Gasteiger partial charge on any atom is -0.496 e. The van der Waals surface area contributed by atoms with Crippen molar-refractivity contribution in [1.29, 1.82) is 0 Å². The normalized spacial score (nSPS) is 12.1. The van der Waals surface area contributed by atoms with E-state index < -0.39 is 0 Å². The Bertz CT molecular complexity index is 965. The lowest BCUT2D eigenvalue weighted by Crippen LogP contribution is -2.18. The highest BCUT2D eigenvalue weighted by molar-refractivity contribution is 5.43. The first-order chi connectivity index (χ1) is 16.0. The van der Waals surface area contributed by atoms with Gasteiger partial charge in [-0.2, -0.15) is 0 Å². The average molecular weight is 448 g/mol. The topological polar surface area (TPSA) is 39.7 Å². The lowest BCUT2D eigenvalue weighted by atomic mass is 9.88. The highest BCUT2D eigenvalue weighted by Gasteiger charge is 2.18. The highest BCUT2D eigenvalue weighted by atomic mass is 16.5. The summed E-state index contributed by atoms with van der Waals surface area (Å²) in [5.41, 5.74) is 3.71. The third-order valence-electron chi connectivity index (χ3n) is 5.40. The Morgan fingerprint density at radius 2 is 1.30 bits per heavy atom. The molecular formula is C29H37NO3. The molecule has 33 heavy (non-hydrogen) atoms. The first-order valence-corrected chi connectivity index (χ1v) is 11.8. The molecule has 0 aromatic heterocycles. The molecule has 0 radical (unpaired) electrons. The zero-order valence-electron chi connectivity index (χ0n) is 20.5. The van der Waals surface area contributed by atoms with Gasteiger partial charge in [0, 0.05) is 18.0 Å². The summed E-state index contributed by atoms with van der Waals surface area (Å²) in [6.07, 6.45) is 1.31. The third-order valence-corrected chi connectivity index (χ3v) is 5.40. The molecule has 0 spiro atoms. The Balaban J connectivity index is 1.67. The summed E-state index contributed by atoms with van der Waals surface area (Å²) in [6, 6.07) is 25.1. The largest absolute Gasteiger partial charge is 0.496 e. The molecule has 3 aromatic carbocycles. The lowest BCUT2D eigenvalue weighted by molar-refractivity contribution is 0.242. The fourth-order valence-corrected chi connectivity index (χ4v) is 3.94. The van der Waals surface area contributed by atoms with Crippen molar-refractivity contribution in [3.63, 3.8) is 0 Å². The van der Waals surface area contributed by atoms with Crippen molar-refractivity contribution in [3.8, 4) is 17.2 Å². The first-order valence-electron chi connectivity index (χ1n) is 11.8. The summed E-state index contributed by atoms with van der Waals surface area (Å²) < 4.78 is 17.2. The van der Waals surface area contributed by atoms with E-state index in [1.807, 2.05) is 52.0 Å². The van der Waals surface area contributed by atoms with Crippen LogP contribution in [0.1, 0.15) is 56.7 Å². The van der Waals surface area contributed by atoms with E-state index in [1.165, 1.54) is 16.7 Å². The van der Waals surface area contributed by atoms with E-state index in [0.29, 0.717) is 0 Å². The highest BCUT2D eigenvalue weighted by Crippen LogP contribution is 2.35. The van der Waals surface area contributed by atoms with Gasteiger partial charge in [-0.3, -0.25) is 0 Å². The summed E-state index contributed by atoms with van der Waals surface area (Å²) in [6.45, 7) is 9.88. The number of ether oxygens (including phenoxy) is 3. The van der Waals surface area contributed by atoms with Crippen LogP contribution in [0.2, 0.25) is 0 Å². The quantitative estimate of drug-likeness (QED) is 0.318. The number of nitrogens with one attached hydrogen (secondary N) is 1. The number of benzene rings is 3. The van der Waals surface area contributed by atoms with E-state index in [0.717, 1.165) is 36.8 Å². The molecular weight excluding hydrogens is 410 g/mol. The van der Waals surface area contributed by atoms with Crippen molar-refractivity contribution >= 4 is 0 Å². The van der Waals surface area contributed by atoms with Crippen molar-refractivity contribution in [1.82, 2.24) is 5.32 Å². The van der Waals surface area contributed by atoms with Crippen LogP contribution in [0.4, 0.5) is 0 Å². The molecule has 0 aliphatic heterocycles. The SMILES string of the molecule is COc1ccccc1[C@H](CCNCc1ccc(OC(C)C)cc1)c1ccc(OC(C)C)cc1. The molecule has 0 aliphatic carbocycles. The number of methoxy groups -OCH3 is 1. The van der Waals surface area contributed by atoms with E-state index in [-0.39, 0.29) is 18.1 Å². The summed E-state index contributed by atoms with van der Waals surface area (Å²) >= 11 is 0. The molecule has 0 aliphatic rings. The van der Waals surface area contributed by atoms with Crippen LogP contribution >= 0.6 is 0 Å². The van der Waals surface area contributed by atoms with E-state index in [2.05, 4.69) is 53.8 Å². The Kier molecular flexibility index (Phi) is 9.20. The second kappa shape index (κ2) is 12.3. The van der Waals surface area contributed by atoms with Gasteiger partial charge in [0.25, 0.3) is 0 Å². The molecule has 4 heteroatoms. The van der Waals surface area contributed by atoms with Crippen LogP contribution < -0.4 is 19.5 Å². The summed E-state index contributed by atoms with van der Waals surface area (Å²) in [5, 5.41) is 3.60. The van der Waals surface area contributed by atoms with Crippen LogP contribution in [0, 0.1) is 0 Å². The second-order valence-electron chi connectivity index (χ2n) is 8.81. The number of hydrogen-bond donors (Lipinski definition) is 1. The molecule has 0 saturated carbocycles. The van der Waals surface area contributed by atoms with E-state index in [4.69, 9.17) is 14.2 Å². The van der Waals surface area contributed by atoms with Crippen LogP contribution in [0.25, 0.3) is 0 Å². The van der Waals surface area contributed by atoms with Crippen LogP contribution in [0.15, 0.2) is 72.8 Å². The third kappa shape index (κ3) is 7.54. The smallest absolute Gasteiger partial charge is 0.122 e. The summed E-state index contributed by atoms with van der Waals surface area (Å²) in [4.78, 5) is 0. The Labute approximate surface area is 198 Å². The molecule has 1 N–H and O–H groups in total. The first kappa shape index (κ1) is 24.7. The van der Waals surface area contributed by atoms with Crippen LogP contribution in [0.5, 0.6) is 17.2 Å². The number of para-hydroxylation sites is 1. The van der Waals surface area contributed by atoms with Gasteiger partial charge < -0.3 is 19.5 Å². The van der Waals surface area contributed by atoms with Gasteiger partial charge >= 0.3 is 0 Å². The van der Waals surface area contributed by atoms with Gasteiger partial charge in [-0.25, -0.2) is 0 Å². The van der Waals surface area contributed by atoms with Crippen molar-refractivity contribution in [2.24, 2.45) is 0 Å². The van der Waals surface area contributed by atoms with E-state index in [1.54, 1.807) is 7.11 Å². The molecule has 0 heterocycles. The molecule has 0 unspecified atom stereocenters. The molecule has 0 bridgehead atoms. The van der Waals surface area contributed by atoms with Crippen LogP contribution in [-0.2, 0) is 6.54 Å². The van der Waals surface area contributed by atoms with Crippen molar-refractivity contribution in [2.45, 2.75) is 58.8 Å². The zero-order chi connectivity index (χ0) is 23.6. The molecule has 1 atom stereocenters. The van der Waals surface area contributed by atoms with Gasteiger partial charge in [-0.15, -0.1) is 0 Å². The Hall–Kier alpha value is -2.98. The van der Waals surface area contributed by atoms with E-state index >= 15 is 0 Å². The summed E-state index contributed by atoms with van der Waals surface area (Å²) in [5.74, 6) is 2.96. The zero-order valence-corrected chi connectivity index (χ0v) is 20.5. The van der Waals surface area contributed by atoms with Crippen LogP contribution in [0.3, 0.4) is 0 Å². The molecule has 0 fully saturated rings. The molecule has 4 nitrogen and oxygen atoms in total. The Morgan fingerprint density at radius 1 is 0.727 bits per heavy atom. The van der Waals surface area contributed by atoms with E-state index in [9.17, 15) is 0 Å². The monoisotopic (exact) mass is 447 g/mol. The maximum Gasteiger partial charge on any atom is 0.122 e. The minimum atomic E-state index is 0.163. The molecule has 176 valence electrons. The second-order valence-corrected chi connectivity index (χ2v) is 8.81. The predicted octanol–water partition coefficient (Wildman–Crippen LogP) is 6.58. The molecule has 3 aromatic rings. The maximum absolute atomic E-state index is 5.83. The van der Waals surface area contributed by atoms with Crippen molar-refractivity contribution in [2.75, 3.05) is 13.7 Å². The predicted molar refractivity (Wildman–Crippen MR) is 136 cm³/mol.